The van der Waals surface area contributed by atoms with Gasteiger partial charge in [-0.15, -0.1) is 0 Å². The summed E-state index contributed by atoms with van der Waals surface area (Å²) in [5.74, 6) is 0. The van der Waals surface area contributed by atoms with Crippen LogP contribution in [0, 0.1) is 4.77 Å². The van der Waals surface area contributed by atoms with E-state index in [1.54, 1.807) is 6.33 Å². The fourth-order valence-electron chi connectivity index (χ4n) is 2.65. The number of quaternary nitrogens is 1. The summed E-state index contributed by atoms with van der Waals surface area (Å²) in [7, 11) is 1.93. The molecule has 1 N–H and O–H groups in total. The quantitative estimate of drug-likeness (QED) is 0.853. The van der Waals surface area contributed by atoms with Crippen molar-refractivity contribution < 1.29 is 4.90 Å². The molecule has 21 heavy (non-hydrogen) atoms. The Morgan fingerprint density at radius 3 is 2.71 bits per heavy atom. The van der Waals surface area contributed by atoms with E-state index in [-0.39, 0.29) is 0 Å². The first-order chi connectivity index (χ1) is 10.1. The second-order valence-electron chi connectivity index (χ2n) is 5.40. The molecule has 0 atom stereocenters. The van der Waals surface area contributed by atoms with E-state index in [1.807, 2.05) is 34.5 Å². The molecule has 0 amide bonds. The van der Waals surface area contributed by atoms with Crippen molar-refractivity contribution in [3.63, 3.8) is 0 Å². The first-order valence-corrected chi connectivity index (χ1v) is 7.84. The fraction of sp³-hybridized carbons (Fsp3) is 0.429. The molecule has 1 aromatic carbocycles. The summed E-state index contributed by atoms with van der Waals surface area (Å²) < 4.78 is 4.55. The van der Waals surface area contributed by atoms with Gasteiger partial charge in [-0.1, -0.05) is 17.7 Å². The van der Waals surface area contributed by atoms with Crippen LogP contribution in [0.5, 0.6) is 0 Å². The molecule has 7 heteroatoms. The number of aromatic nitrogens is 3. The zero-order valence-electron chi connectivity index (χ0n) is 12.0. The third kappa shape index (κ3) is 3.28. The smallest absolute Gasteiger partial charge is 0.202 e. The molecule has 1 saturated heterocycles. The lowest BCUT2D eigenvalue weighted by molar-refractivity contribution is -0.924. The highest BCUT2D eigenvalue weighted by molar-refractivity contribution is 7.71. The van der Waals surface area contributed by atoms with Gasteiger partial charge >= 0.3 is 0 Å². The molecule has 112 valence electrons. The zero-order valence-corrected chi connectivity index (χ0v) is 13.6. The van der Waals surface area contributed by atoms with Gasteiger partial charge in [0.25, 0.3) is 0 Å². The highest BCUT2D eigenvalue weighted by atomic mass is 35.5. The van der Waals surface area contributed by atoms with Crippen molar-refractivity contribution >= 4 is 29.5 Å². The van der Waals surface area contributed by atoms with E-state index in [0.29, 0.717) is 0 Å². The maximum Gasteiger partial charge on any atom is 0.202 e. The van der Waals surface area contributed by atoms with Gasteiger partial charge in [0, 0.05) is 17.8 Å². The molecule has 5 nitrogen and oxygen atoms in total. The lowest BCUT2D eigenvalue weighted by Crippen LogP contribution is -3.14. The van der Waals surface area contributed by atoms with Gasteiger partial charge < -0.3 is 14.4 Å². The molecule has 0 bridgehead atoms. The monoisotopic (exact) mass is 324 g/mol. The van der Waals surface area contributed by atoms with Crippen LogP contribution in [0.2, 0.25) is 5.02 Å². The average Bonchev–Trinajstić information content (AvgIpc) is 2.80. The first-order valence-electron chi connectivity index (χ1n) is 7.06. The van der Waals surface area contributed by atoms with E-state index in [4.69, 9.17) is 23.8 Å². The highest BCUT2D eigenvalue weighted by Crippen LogP contribution is 2.19. The fourth-order valence-corrected chi connectivity index (χ4v) is 3.00. The van der Waals surface area contributed by atoms with Crippen LogP contribution in [-0.2, 0) is 13.7 Å². The average molecular weight is 325 g/mol. The largest absolute Gasteiger partial charge is 0.360 e. The number of anilines is 1. The number of halogens is 1. The van der Waals surface area contributed by atoms with Crippen molar-refractivity contribution in [3.05, 3.63) is 40.4 Å². The second kappa shape index (κ2) is 6.17. The molecular formula is C14H19ClN5S+. The predicted molar refractivity (Wildman–Crippen MR) is 86.4 cm³/mol. The SMILES string of the molecule is Cn1cnn(C[NH+]2CCN(c3cccc(Cl)c3)CC2)c1=S. The first kappa shape index (κ1) is 14.6. The number of hydrogen-bond donors (Lipinski definition) is 1. The molecule has 0 aliphatic carbocycles. The highest BCUT2D eigenvalue weighted by Gasteiger charge is 2.21. The molecule has 0 radical (unpaired) electrons. The number of piperazine rings is 1. The lowest BCUT2D eigenvalue weighted by atomic mass is 10.2. The Kier molecular flexibility index (Phi) is 4.28. The molecule has 2 heterocycles. The van der Waals surface area contributed by atoms with Crippen LogP contribution in [0.25, 0.3) is 0 Å². The number of aryl methyl sites for hydroxylation is 1. The van der Waals surface area contributed by atoms with Gasteiger partial charge in [0.15, 0.2) is 6.67 Å². The van der Waals surface area contributed by atoms with Crippen LogP contribution in [0.3, 0.4) is 0 Å². The molecule has 0 unspecified atom stereocenters. The normalized spacial score (nSPS) is 16.4. The minimum Gasteiger partial charge on any atom is -0.360 e. The van der Waals surface area contributed by atoms with Crippen LogP contribution in [0.1, 0.15) is 0 Å². The van der Waals surface area contributed by atoms with Crippen LogP contribution in [-0.4, -0.2) is 40.5 Å². The molecule has 1 aromatic heterocycles. The number of hydrogen-bond acceptors (Lipinski definition) is 3. The topological polar surface area (TPSA) is 30.4 Å². The summed E-state index contributed by atoms with van der Waals surface area (Å²) in [6, 6.07) is 8.06. The third-order valence-electron chi connectivity index (χ3n) is 3.90. The number of nitrogens with one attached hydrogen (secondary N) is 1. The Morgan fingerprint density at radius 2 is 2.10 bits per heavy atom. The summed E-state index contributed by atoms with van der Waals surface area (Å²) in [6.07, 6.45) is 1.77. The molecule has 2 aromatic rings. The number of nitrogens with zero attached hydrogens (tertiary/aromatic N) is 4. The maximum absolute atomic E-state index is 6.06. The van der Waals surface area contributed by atoms with Gasteiger partial charge in [0.2, 0.25) is 4.77 Å². The van der Waals surface area contributed by atoms with Crippen LogP contribution >= 0.6 is 23.8 Å². The van der Waals surface area contributed by atoms with Crippen LogP contribution < -0.4 is 9.80 Å². The van der Waals surface area contributed by atoms with Crippen molar-refractivity contribution in [1.29, 1.82) is 0 Å². The summed E-state index contributed by atoms with van der Waals surface area (Å²) in [6.45, 7) is 5.03. The van der Waals surface area contributed by atoms with Crippen molar-refractivity contribution in [2.75, 3.05) is 31.1 Å². The predicted octanol–water partition coefficient (Wildman–Crippen LogP) is 0.967. The van der Waals surface area contributed by atoms with Gasteiger partial charge in [0.1, 0.15) is 6.33 Å². The van der Waals surface area contributed by atoms with E-state index in [2.05, 4.69) is 16.1 Å². The molecule has 3 rings (SSSR count). The van der Waals surface area contributed by atoms with Crippen molar-refractivity contribution in [3.8, 4) is 0 Å². The molecule has 0 saturated carbocycles. The van der Waals surface area contributed by atoms with Gasteiger partial charge in [0.05, 0.1) is 26.2 Å². The molecule has 1 aliphatic rings. The van der Waals surface area contributed by atoms with E-state index < -0.39 is 0 Å². The van der Waals surface area contributed by atoms with Gasteiger partial charge in [-0.2, -0.15) is 9.78 Å². The van der Waals surface area contributed by atoms with E-state index in [0.717, 1.165) is 42.6 Å². The Hall–Kier alpha value is -1.37. The van der Waals surface area contributed by atoms with Crippen molar-refractivity contribution in [2.24, 2.45) is 7.05 Å². The van der Waals surface area contributed by atoms with Crippen LogP contribution in [0.15, 0.2) is 30.6 Å². The summed E-state index contributed by atoms with van der Waals surface area (Å²) >= 11 is 11.4. The Bertz CT molecular complexity index is 672. The van der Waals surface area contributed by atoms with Gasteiger partial charge in [-0.3, -0.25) is 0 Å². The summed E-state index contributed by atoms with van der Waals surface area (Å²) in [5, 5.41) is 5.12. The number of rotatable bonds is 3. The van der Waals surface area contributed by atoms with Gasteiger partial charge in [-0.05, 0) is 30.4 Å². The lowest BCUT2D eigenvalue weighted by Gasteiger charge is -2.33. The Morgan fingerprint density at radius 1 is 1.33 bits per heavy atom. The molecular weight excluding hydrogens is 306 g/mol. The minimum absolute atomic E-state index is 0.778. The second-order valence-corrected chi connectivity index (χ2v) is 6.20. The van der Waals surface area contributed by atoms with Crippen molar-refractivity contribution in [1.82, 2.24) is 14.3 Å². The third-order valence-corrected chi connectivity index (χ3v) is 4.64. The summed E-state index contributed by atoms with van der Waals surface area (Å²) in [5.41, 5.74) is 1.20. The standard InChI is InChI=1S/C14H18ClN5S/c1-17-10-16-20(14(17)21)11-18-5-7-19(8-6-18)13-4-2-3-12(15)9-13/h2-4,9-10H,5-8,11H2,1H3/p+1. The van der Waals surface area contributed by atoms with E-state index in [1.165, 1.54) is 10.6 Å². The summed E-state index contributed by atoms with van der Waals surface area (Å²) in [4.78, 5) is 3.88. The molecule has 1 fully saturated rings. The Labute approximate surface area is 134 Å². The maximum atomic E-state index is 6.06. The van der Waals surface area contributed by atoms with Crippen molar-refractivity contribution in [2.45, 2.75) is 6.67 Å². The molecule has 1 aliphatic heterocycles. The Balaban J connectivity index is 1.60. The van der Waals surface area contributed by atoms with Crippen LogP contribution in [0.4, 0.5) is 5.69 Å². The van der Waals surface area contributed by atoms with E-state index >= 15 is 0 Å². The van der Waals surface area contributed by atoms with E-state index in [9.17, 15) is 0 Å². The van der Waals surface area contributed by atoms with Gasteiger partial charge in [-0.25, -0.2) is 0 Å². The number of benzene rings is 1. The molecule has 0 spiro atoms. The minimum atomic E-state index is 0.778. The zero-order chi connectivity index (χ0) is 14.8.